The van der Waals surface area contributed by atoms with Crippen molar-refractivity contribution in [1.82, 2.24) is 0 Å². The Hall–Kier alpha value is -0.650. The molecule has 0 aliphatic carbocycles. The molecule has 1 atom stereocenters. The number of hydrogen-bond donors (Lipinski definition) is 3. The van der Waals surface area contributed by atoms with Crippen molar-refractivity contribution in [2.75, 3.05) is 18.5 Å². The average Bonchev–Trinajstić information content (AvgIpc) is 2.21. The Labute approximate surface area is 96.1 Å². The molecule has 0 aliphatic heterocycles. The number of rotatable bonds is 4. The van der Waals surface area contributed by atoms with Crippen molar-refractivity contribution in [3.63, 3.8) is 0 Å². The van der Waals surface area contributed by atoms with Gasteiger partial charge in [0.15, 0.2) is 0 Å². The number of nitrogens with one attached hydrogen (secondary N) is 1. The molecule has 0 amide bonds. The second-order valence-electron chi connectivity index (χ2n) is 3.30. The number of hydrogen-bond acceptors (Lipinski definition) is 3. The highest BCUT2D eigenvalue weighted by Gasteiger charge is 2.06. The highest BCUT2D eigenvalue weighted by Crippen LogP contribution is 2.23. The molecular formula is C10H13BrFNO2. The van der Waals surface area contributed by atoms with E-state index >= 15 is 0 Å². The highest BCUT2D eigenvalue weighted by molar-refractivity contribution is 9.10. The molecule has 0 saturated heterocycles. The van der Waals surface area contributed by atoms with E-state index in [0.717, 1.165) is 5.56 Å². The first-order valence-electron chi connectivity index (χ1n) is 4.53. The molecule has 0 saturated carbocycles. The first kappa shape index (κ1) is 12.4. The standard InChI is InChI=1S/C10H13BrFNO2/c1-6-2-8(11)9(12)3-10(6)13-4-7(15)5-14/h2-3,7,13-15H,4-5H2,1H3/t7-/m0/s1. The summed E-state index contributed by atoms with van der Waals surface area (Å²) >= 11 is 3.08. The summed E-state index contributed by atoms with van der Waals surface area (Å²) in [6.45, 7) is 1.71. The summed E-state index contributed by atoms with van der Waals surface area (Å²) in [4.78, 5) is 0. The van der Waals surface area contributed by atoms with Crippen LogP contribution in [0.4, 0.5) is 10.1 Å². The van der Waals surface area contributed by atoms with E-state index in [1.165, 1.54) is 6.07 Å². The molecule has 0 aliphatic rings. The van der Waals surface area contributed by atoms with Crippen molar-refractivity contribution in [3.05, 3.63) is 28.0 Å². The van der Waals surface area contributed by atoms with Crippen LogP contribution in [0.1, 0.15) is 5.56 Å². The number of benzene rings is 1. The molecule has 1 aromatic rings. The van der Waals surface area contributed by atoms with E-state index in [0.29, 0.717) is 10.2 Å². The fourth-order valence-corrected chi connectivity index (χ4v) is 1.59. The molecule has 5 heteroatoms. The molecule has 0 bridgehead atoms. The number of anilines is 1. The summed E-state index contributed by atoms with van der Waals surface area (Å²) in [5, 5.41) is 20.6. The van der Waals surface area contributed by atoms with Gasteiger partial charge in [0.05, 0.1) is 17.2 Å². The summed E-state index contributed by atoms with van der Waals surface area (Å²) < 4.78 is 13.6. The molecule has 0 heterocycles. The molecule has 0 spiro atoms. The van der Waals surface area contributed by atoms with Gasteiger partial charge < -0.3 is 15.5 Å². The van der Waals surface area contributed by atoms with Gasteiger partial charge in [-0.1, -0.05) is 0 Å². The fourth-order valence-electron chi connectivity index (χ4n) is 1.13. The molecule has 3 nitrogen and oxygen atoms in total. The van der Waals surface area contributed by atoms with Gasteiger partial charge in [-0.05, 0) is 40.5 Å². The van der Waals surface area contributed by atoms with E-state index < -0.39 is 6.10 Å². The van der Waals surface area contributed by atoms with Crippen molar-refractivity contribution in [1.29, 1.82) is 0 Å². The number of aliphatic hydroxyl groups excluding tert-OH is 2. The highest BCUT2D eigenvalue weighted by atomic mass is 79.9. The third-order valence-electron chi connectivity index (χ3n) is 2.01. The normalized spacial score (nSPS) is 12.6. The van der Waals surface area contributed by atoms with E-state index in [2.05, 4.69) is 21.2 Å². The van der Waals surface area contributed by atoms with Crippen molar-refractivity contribution < 1.29 is 14.6 Å². The van der Waals surface area contributed by atoms with Crippen LogP contribution in [-0.2, 0) is 0 Å². The van der Waals surface area contributed by atoms with Crippen LogP contribution >= 0.6 is 15.9 Å². The van der Waals surface area contributed by atoms with Gasteiger partial charge in [-0.15, -0.1) is 0 Å². The Morgan fingerprint density at radius 2 is 2.20 bits per heavy atom. The van der Waals surface area contributed by atoms with E-state index in [1.807, 2.05) is 6.92 Å². The molecule has 15 heavy (non-hydrogen) atoms. The second kappa shape index (κ2) is 5.44. The Morgan fingerprint density at radius 1 is 1.53 bits per heavy atom. The van der Waals surface area contributed by atoms with Gasteiger partial charge in [-0.2, -0.15) is 0 Å². The van der Waals surface area contributed by atoms with Gasteiger partial charge in [0.1, 0.15) is 5.82 Å². The summed E-state index contributed by atoms with van der Waals surface area (Å²) in [6.07, 6.45) is -0.837. The van der Waals surface area contributed by atoms with Crippen molar-refractivity contribution in [2.45, 2.75) is 13.0 Å². The zero-order valence-corrected chi connectivity index (χ0v) is 9.88. The van der Waals surface area contributed by atoms with Crippen LogP contribution in [-0.4, -0.2) is 29.5 Å². The minimum absolute atomic E-state index is 0.193. The molecule has 0 fully saturated rings. The fraction of sp³-hybridized carbons (Fsp3) is 0.400. The molecule has 0 radical (unpaired) electrons. The van der Waals surface area contributed by atoms with Crippen molar-refractivity contribution >= 4 is 21.6 Å². The third-order valence-corrected chi connectivity index (χ3v) is 2.61. The summed E-state index contributed by atoms with van der Waals surface area (Å²) in [7, 11) is 0. The monoisotopic (exact) mass is 277 g/mol. The second-order valence-corrected chi connectivity index (χ2v) is 4.15. The Balaban J connectivity index is 2.73. The minimum Gasteiger partial charge on any atom is -0.394 e. The third kappa shape index (κ3) is 3.44. The van der Waals surface area contributed by atoms with Gasteiger partial charge in [0.25, 0.3) is 0 Å². The topological polar surface area (TPSA) is 52.5 Å². The van der Waals surface area contributed by atoms with E-state index in [9.17, 15) is 4.39 Å². The Morgan fingerprint density at radius 3 is 2.80 bits per heavy atom. The van der Waals surface area contributed by atoms with E-state index in [-0.39, 0.29) is 19.0 Å². The number of aliphatic hydroxyl groups is 2. The van der Waals surface area contributed by atoms with E-state index in [4.69, 9.17) is 10.2 Å². The molecule has 1 aromatic carbocycles. The summed E-state index contributed by atoms with van der Waals surface area (Å²) in [5.74, 6) is -0.360. The van der Waals surface area contributed by atoms with Gasteiger partial charge in [0, 0.05) is 12.2 Å². The Bertz CT molecular complexity index is 346. The first-order valence-corrected chi connectivity index (χ1v) is 5.32. The maximum atomic E-state index is 13.2. The van der Waals surface area contributed by atoms with Gasteiger partial charge in [-0.25, -0.2) is 4.39 Å². The quantitative estimate of drug-likeness (QED) is 0.785. The maximum absolute atomic E-state index is 13.2. The zero-order valence-electron chi connectivity index (χ0n) is 8.30. The van der Waals surface area contributed by atoms with Crippen LogP contribution in [0.15, 0.2) is 16.6 Å². The van der Waals surface area contributed by atoms with Gasteiger partial charge >= 0.3 is 0 Å². The van der Waals surface area contributed by atoms with Crippen molar-refractivity contribution in [2.24, 2.45) is 0 Å². The minimum atomic E-state index is -0.837. The lowest BCUT2D eigenvalue weighted by molar-refractivity contribution is 0.105. The molecular weight excluding hydrogens is 265 g/mol. The molecule has 0 unspecified atom stereocenters. The lowest BCUT2D eigenvalue weighted by Gasteiger charge is -2.13. The number of halogens is 2. The van der Waals surface area contributed by atoms with Gasteiger partial charge in [0.2, 0.25) is 0 Å². The Kier molecular flexibility index (Phi) is 4.50. The molecule has 0 aromatic heterocycles. The molecule has 3 N–H and O–H groups in total. The molecule has 1 rings (SSSR count). The average molecular weight is 278 g/mol. The van der Waals surface area contributed by atoms with Crippen LogP contribution in [0.2, 0.25) is 0 Å². The van der Waals surface area contributed by atoms with Crippen molar-refractivity contribution in [3.8, 4) is 0 Å². The lowest BCUT2D eigenvalue weighted by Crippen LogP contribution is -2.23. The molecule has 84 valence electrons. The van der Waals surface area contributed by atoms with Crippen LogP contribution in [0, 0.1) is 12.7 Å². The van der Waals surface area contributed by atoms with Crippen LogP contribution in [0.25, 0.3) is 0 Å². The maximum Gasteiger partial charge on any atom is 0.139 e. The zero-order chi connectivity index (χ0) is 11.4. The summed E-state index contributed by atoms with van der Waals surface area (Å²) in [6, 6.07) is 3.01. The van der Waals surface area contributed by atoms with E-state index in [1.54, 1.807) is 6.07 Å². The van der Waals surface area contributed by atoms with Crippen LogP contribution < -0.4 is 5.32 Å². The van der Waals surface area contributed by atoms with Crippen LogP contribution in [0.5, 0.6) is 0 Å². The number of aryl methyl sites for hydroxylation is 1. The van der Waals surface area contributed by atoms with Crippen LogP contribution in [0.3, 0.4) is 0 Å². The smallest absolute Gasteiger partial charge is 0.139 e. The lowest BCUT2D eigenvalue weighted by atomic mass is 10.2. The largest absolute Gasteiger partial charge is 0.394 e. The van der Waals surface area contributed by atoms with Gasteiger partial charge in [-0.3, -0.25) is 0 Å². The predicted octanol–water partition coefficient (Wildman–Crippen LogP) is 1.66. The predicted molar refractivity (Wildman–Crippen MR) is 60.4 cm³/mol. The summed E-state index contributed by atoms with van der Waals surface area (Å²) in [5.41, 5.74) is 1.48. The SMILES string of the molecule is Cc1cc(Br)c(F)cc1NC[C@H](O)CO. The first-order chi connectivity index (χ1) is 7.04.